The van der Waals surface area contributed by atoms with Crippen LogP contribution in [-0.2, 0) is 6.42 Å². The smallest absolute Gasteiger partial charge is 0.201 e. The van der Waals surface area contributed by atoms with Crippen molar-refractivity contribution in [2.75, 3.05) is 5.73 Å². The van der Waals surface area contributed by atoms with Crippen molar-refractivity contribution < 1.29 is 0 Å². The molecule has 0 bridgehead atoms. The van der Waals surface area contributed by atoms with Gasteiger partial charge >= 0.3 is 0 Å². The summed E-state index contributed by atoms with van der Waals surface area (Å²) in [7, 11) is 0. The number of nitrogens with zero attached hydrogens (tertiary/aromatic N) is 5. The third kappa shape index (κ3) is 2.20. The summed E-state index contributed by atoms with van der Waals surface area (Å²) >= 11 is 1.45. The number of anilines is 1. The molecule has 0 unspecified atom stereocenters. The van der Waals surface area contributed by atoms with Gasteiger partial charge in [0.25, 0.3) is 0 Å². The van der Waals surface area contributed by atoms with Gasteiger partial charge in [-0.2, -0.15) is 0 Å². The number of nitrogen functional groups attached to an aromatic ring is 1. The lowest BCUT2D eigenvalue weighted by molar-refractivity contribution is 0.867. The predicted molar refractivity (Wildman–Crippen MR) is 77.7 cm³/mol. The molecule has 20 heavy (non-hydrogen) atoms. The summed E-state index contributed by atoms with van der Waals surface area (Å²) in [6.45, 7) is 3.92. The van der Waals surface area contributed by atoms with Crippen LogP contribution in [0.3, 0.4) is 0 Å². The lowest BCUT2D eigenvalue weighted by Crippen LogP contribution is -2.03. The summed E-state index contributed by atoms with van der Waals surface area (Å²) in [5.74, 6) is 1.26. The van der Waals surface area contributed by atoms with Gasteiger partial charge in [0.05, 0.1) is 0 Å². The fourth-order valence-corrected chi connectivity index (χ4v) is 2.71. The van der Waals surface area contributed by atoms with Crippen molar-refractivity contribution in [1.29, 1.82) is 0 Å². The van der Waals surface area contributed by atoms with Gasteiger partial charge in [0.15, 0.2) is 5.65 Å². The van der Waals surface area contributed by atoms with Gasteiger partial charge < -0.3 is 5.73 Å². The summed E-state index contributed by atoms with van der Waals surface area (Å²) in [5, 5.41) is 9.91. The molecule has 0 aliphatic carbocycles. The summed E-state index contributed by atoms with van der Waals surface area (Å²) < 4.78 is 1.92. The molecule has 3 aromatic rings. The van der Waals surface area contributed by atoms with Crippen molar-refractivity contribution in [3.63, 3.8) is 0 Å². The Morgan fingerprint density at radius 3 is 2.90 bits per heavy atom. The van der Waals surface area contributed by atoms with Crippen LogP contribution in [0, 0.1) is 6.92 Å². The molecule has 0 saturated heterocycles. The van der Waals surface area contributed by atoms with Gasteiger partial charge in [-0.3, -0.25) is 4.40 Å². The van der Waals surface area contributed by atoms with E-state index in [-0.39, 0.29) is 0 Å². The Morgan fingerprint density at radius 2 is 2.10 bits per heavy atom. The molecular formula is C13H14N6S. The van der Waals surface area contributed by atoms with E-state index in [0.29, 0.717) is 5.82 Å². The molecule has 0 saturated carbocycles. The Hall–Kier alpha value is -2.15. The number of hydrogen-bond donors (Lipinski definition) is 1. The van der Waals surface area contributed by atoms with Gasteiger partial charge in [-0.1, -0.05) is 13.0 Å². The van der Waals surface area contributed by atoms with Gasteiger partial charge in [0, 0.05) is 18.2 Å². The summed E-state index contributed by atoms with van der Waals surface area (Å²) in [4.78, 5) is 8.78. The second-order valence-electron chi connectivity index (χ2n) is 4.32. The van der Waals surface area contributed by atoms with Crippen molar-refractivity contribution in [2.45, 2.75) is 30.5 Å². The van der Waals surface area contributed by atoms with E-state index in [1.807, 2.05) is 42.6 Å². The molecule has 3 heterocycles. The van der Waals surface area contributed by atoms with Crippen LogP contribution < -0.4 is 5.73 Å². The molecule has 102 valence electrons. The van der Waals surface area contributed by atoms with Crippen LogP contribution in [0.5, 0.6) is 0 Å². The Kier molecular flexibility index (Phi) is 3.27. The first-order valence-electron chi connectivity index (χ1n) is 6.29. The molecule has 3 rings (SSSR count). The van der Waals surface area contributed by atoms with E-state index in [1.54, 1.807) is 0 Å². The van der Waals surface area contributed by atoms with Crippen molar-refractivity contribution in [1.82, 2.24) is 24.6 Å². The van der Waals surface area contributed by atoms with Crippen LogP contribution >= 0.6 is 11.8 Å². The van der Waals surface area contributed by atoms with Crippen molar-refractivity contribution in [2.24, 2.45) is 0 Å². The second-order valence-corrected chi connectivity index (χ2v) is 5.28. The van der Waals surface area contributed by atoms with Crippen molar-refractivity contribution in [3.8, 4) is 0 Å². The Labute approximate surface area is 120 Å². The van der Waals surface area contributed by atoms with Gasteiger partial charge in [0.1, 0.15) is 16.7 Å². The number of nitrogens with two attached hydrogens (primary N) is 1. The first-order valence-corrected chi connectivity index (χ1v) is 7.11. The van der Waals surface area contributed by atoms with E-state index in [1.165, 1.54) is 11.8 Å². The zero-order chi connectivity index (χ0) is 14.1. The molecule has 0 spiro atoms. The molecule has 3 aromatic heterocycles. The molecule has 7 heteroatoms. The van der Waals surface area contributed by atoms with Crippen LogP contribution in [0.4, 0.5) is 5.82 Å². The minimum Gasteiger partial charge on any atom is -0.383 e. The monoisotopic (exact) mass is 286 g/mol. The molecule has 0 aromatic carbocycles. The van der Waals surface area contributed by atoms with Gasteiger partial charge in [-0.05, 0) is 30.8 Å². The number of aryl methyl sites for hydroxylation is 1. The maximum absolute atomic E-state index is 5.93. The quantitative estimate of drug-likeness (QED) is 0.743. The highest BCUT2D eigenvalue weighted by Crippen LogP contribution is 2.29. The first kappa shape index (κ1) is 12.9. The molecule has 0 atom stereocenters. The largest absolute Gasteiger partial charge is 0.383 e. The highest BCUT2D eigenvalue weighted by molar-refractivity contribution is 7.99. The average Bonchev–Trinajstić information content (AvgIpc) is 2.87. The van der Waals surface area contributed by atoms with Crippen LogP contribution in [0.15, 0.2) is 34.6 Å². The third-order valence-electron chi connectivity index (χ3n) is 2.97. The standard InChI is InChI=1S/C13H14N6S/c1-3-9-15-11(14)8(2)12(16-9)20-13-18-17-10-6-4-5-7-19(10)13/h4-7H,3H2,1-2H3,(H2,14,15,16). The maximum atomic E-state index is 5.93. The number of pyridine rings is 1. The van der Waals surface area contributed by atoms with Crippen LogP contribution in [0.25, 0.3) is 5.65 Å². The summed E-state index contributed by atoms with van der Waals surface area (Å²) in [6.07, 6.45) is 2.68. The van der Waals surface area contributed by atoms with Gasteiger partial charge in [-0.15, -0.1) is 10.2 Å². The van der Waals surface area contributed by atoms with Crippen LogP contribution in [0.2, 0.25) is 0 Å². The van der Waals surface area contributed by atoms with E-state index in [4.69, 9.17) is 5.73 Å². The second kappa shape index (κ2) is 5.09. The van der Waals surface area contributed by atoms with E-state index >= 15 is 0 Å². The predicted octanol–water partition coefficient (Wildman–Crippen LogP) is 2.12. The van der Waals surface area contributed by atoms with E-state index in [2.05, 4.69) is 20.2 Å². The highest BCUT2D eigenvalue weighted by atomic mass is 32.2. The first-order chi connectivity index (χ1) is 9.69. The molecule has 0 aliphatic rings. The number of hydrogen-bond acceptors (Lipinski definition) is 6. The molecule has 0 radical (unpaired) electrons. The Balaban J connectivity index is 2.05. The fourth-order valence-electron chi connectivity index (χ4n) is 1.79. The number of aromatic nitrogens is 5. The minimum absolute atomic E-state index is 0.521. The third-order valence-corrected chi connectivity index (χ3v) is 4.02. The molecule has 2 N–H and O–H groups in total. The molecule has 0 fully saturated rings. The SMILES string of the molecule is CCc1nc(N)c(C)c(Sc2nnc3ccccn23)n1. The highest BCUT2D eigenvalue weighted by Gasteiger charge is 2.13. The number of fused-ring (bicyclic) bond motifs is 1. The maximum Gasteiger partial charge on any atom is 0.201 e. The topological polar surface area (TPSA) is 82.0 Å². The molecule has 0 aliphatic heterocycles. The van der Waals surface area contributed by atoms with Crippen LogP contribution in [-0.4, -0.2) is 24.6 Å². The molecule has 0 amide bonds. The zero-order valence-electron chi connectivity index (χ0n) is 11.2. The summed E-state index contributed by atoms with van der Waals surface area (Å²) in [6, 6.07) is 5.79. The average molecular weight is 286 g/mol. The fraction of sp³-hybridized carbons (Fsp3) is 0.231. The van der Waals surface area contributed by atoms with Gasteiger partial charge in [-0.25, -0.2) is 9.97 Å². The Bertz CT molecular complexity index is 767. The molecule has 6 nitrogen and oxygen atoms in total. The lowest BCUT2D eigenvalue weighted by Gasteiger charge is -2.07. The minimum atomic E-state index is 0.521. The van der Waals surface area contributed by atoms with Crippen molar-refractivity contribution >= 4 is 23.2 Å². The molecular weight excluding hydrogens is 272 g/mol. The normalized spacial score (nSPS) is 11.1. The van der Waals surface area contributed by atoms with Gasteiger partial charge in [0.2, 0.25) is 5.16 Å². The Morgan fingerprint density at radius 1 is 1.25 bits per heavy atom. The van der Waals surface area contributed by atoms with E-state index < -0.39 is 0 Å². The van der Waals surface area contributed by atoms with Crippen molar-refractivity contribution in [3.05, 3.63) is 35.8 Å². The summed E-state index contributed by atoms with van der Waals surface area (Å²) in [5.41, 5.74) is 7.62. The zero-order valence-corrected chi connectivity index (χ0v) is 12.1. The van der Waals surface area contributed by atoms with Crippen LogP contribution in [0.1, 0.15) is 18.3 Å². The van der Waals surface area contributed by atoms with E-state index in [0.717, 1.165) is 33.6 Å². The lowest BCUT2D eigenvalue weighted by atomic mass is 10.3. The van der Waals surface area contributed by atoms with E-state index in [9.17, 15) is 0 Å². The number of rotatable bonds is 3.